The standard InChI is InChI=1S/C21H32ClN5O.HI/c1-17(20(28)26-11-5-6-12-26)25-13-15-27(16-14-25)21(23-2)24-10-9-18-7-3-4-8-19(18)22;/h3-4,7-8,17H,5-6,9-16H2,1-2H3,(H,23,24);1H. The van der Waals surface area contributed by atoms with E-state index in [2.05, 4.69) is 26.2 Å². The SMILES string of the molecule is CN=C(NCCc1ccccc1Cl)N1CCN(C(C)C(=O)N2CCCC2)CC1.I. The molecule has 0 aromatic heterocycles. The largest absolute Gasteiger partial charge is 0.356 e. The smallest absolute Gasteiger partial charge is 0.239 e. The molecule has 29 heavy (non-hydrogen) atoms. The van der Waals surface area contributed by atoms with Crippen LogP contribution in [-0.4, -0.2) is 85.5 Å². The Hall–Kier alpha value is -1.06. The quantitative estimate of drug-likeness (QED) is 0.359. The molecule has 162 valence electrons. The van der Waals surface area contributed by atoms with Crippen LogP contribution in [0.2, 0.25) is 5.02 Å². The molecule has 3 rings (SSSR count). The van der Waals surface area contributed by atoms with Gasteiger partial charge in [0.2, 0.25) is 5.91 Å². The van der Waals surface area contributed by atoms with Crippen molar-refractivity contribution in [3.63, 3.8) is 0 Å². The molecule has 0 bridgehead atoms. The van der Waals surface area contributed by atoms with E-state index in [-0.39, 0.29) is 35.9 Å². The van der Waals surface area contributed by atoms with Crippen LogP contribution >= 0.6 is 35.6 Å². The maximum absolute atomic E-state index is 12.6. The highest BCUT2D eigenvalue weighted by Crippen LogP contribution is 2.16. The third-order valence-electron chi connectivity index (χ3n) is 5.78. The van der Waals surface area contributed by atoms with Crippen molar-refractivity contribution in [2.24, 2.45) is 4.99 Å². The third kappa shape index (κ3) is 6.46. The summed E-state index contributed by atoms with van der Waals surface area (Å²) in [6, 6.07) is 7.92. The summed E-state index contributed by atoms with van der Waals surface area (Å²) in [5.41, 5.74) is 1.14. The summed E-state index contributed by atoms with van der Waals surface area (Å²) in [4.78, 5) is 23.7. The second-order valence-corrected chi connectivity index (χ2v) is 7.95. The van der Waals surface area contributed by atoms with Gasteiger partial charge in [-0.2, -0.15) is 0 Å². The predicted molar refractivity (Wildman–Crippen MR) is 130 cm³/mol. The van der Waals surface area contributed by atoms with Crippen molar-refractivity contribution in [3.8, 4) is 0 Å². The molecular formula is C21H33ClIN5O. The second kappa shape index (κ2) is 12.0. The highest BCUT2D eigenvalue weighted by atomic mass is 127. The van der Waals surface area contributed by atoms with Gasteiger partial charge in [-0.05, 0) is 37.8 Å². The molecule has 1 unspecified atom stereocenters. The molecule has 0 radical (unpaired) electrons. The summed E-state index contributed by atoms with van der Waals surface area (Å²) in [6.45, 7) is 8.20. The van der Waals surface area contributed by atoms with Gasteiger partial charge < -0.3 is 15.1 Å². The molecule has 2 fully saturated rings. The number of nitrogens with zero attached hydrogens (tertiary/aromatic N) is 4. The van der Waals surface area contributed by atoms with Gasteiger partial charge in [-0.25, -0.2) is 0 Å². The number of likely N-dealkylation sites (tertiary alicyclic amines) is 1. The van der Waals surface area contributed by atoms with Crippen LogP contribution < -0.4 is 5.32 Å². The Labute approximate surface area is 196 Å². The Kier molecular flexibility index (Phi) is 9.98. The number of nitrogens with one attached hydrogen (secondary N) is 1. The minimum atomic E-state index is -0.0320. The van der Waals surface area contributed by atoms with Gasteiger partial charge in [-0.1, -0.05) is 29.8 Å². The van der Waals surface area contributed by atoms with Crippen molar-refractivity contribution in [3.05, 3.63) is 34.9 Å². The minimum Gasteiger partial charge on any atom is -0.356 e. The number of hydrogen-bond donors (Lipinski definition) is 1. The normalized spacial score (nSPS) is 19.1. The van der Waals surface area contributed by atoms with E-state index in [1.54, 1.807) is 0 Å². The lowest BCUT2D eigenvalue weighted by Gasteiger charge is -2.39. The van der Waals surface area contributed by atoms with Gasteiger partial charge >= 0.3 is 0 Å². The third-order valence-corrected chi connectivity index (χ3v) is 6.15. The summed E-state index contributed by atoms with van der Waals surface area (Å²) in [7, 11) is 1.82. The summed E-state index contributed by atoms with van der Waals surface area (Å²) in [5, 5.41) is 4.26. The van der Waals surface area contributed by atoms with E-state index in [9.17, 15) is 4.79 Å². The van der Waals surface area contributed by atoms with E-state index < -0.39 is 0 Å². The number of halogens is 2. The Morgan fingerprint density at radius 1 is 1.10 bits per heavy atom. The number of guanidine groups is 1. The van der Waals surface area contributed by atoms with Gasteiger partial charge in [0, 0.05) is 57.9 Å². The lowest BCUT2D eigenvalue weighted by Crippen LogP contribution is -2.57. The highest BCUT2D eigenvalue weighted by molar-refractivity contribution is 14.0. The number of hydrogen-bond acceptors (Lipinski definition) is 3. The first-order valence-electron chi connectivity index (χ1n) is 10.3. The van der Waals surface area contributed by atoms with Crippen LogP contribution in [0.3, 0.4) is 0 Å². The van der Waals surface area contributed by atoms with Gasteiger partial charge in [-0.3, -0.25) is 14.7 Å². The van der Waals surface area contributed by atoms with E-state index in [4.69, 9.17) is 11.6 Å². The van der Waals surface area contributed by atoms with Gasteiger partial charge in [0.25, 0.3) is 0 Å². The maximum atomic E-state index is 12.6. The monoisotopic (exact) mass is 533 g/mol. The molecule has 0 saturated carbocycles. The number of piperazine rings is 1. The van der Waals surface area contributed by atoms with Gasteiger partial charge in [0.15, 0.2) is 5.96 Å². The number of benzene rings is 1. The van der Waals surface area contributed by atoms with Crippen molar-refractivity contribution in [2.45, 2.75) is 32.2 Å². The molecule has 0 aliphatic carbocycles. The molecule has 2 aliphatic rings. The topological polar surface area (TPSA) is 51.2 Å². The Morgan fingerprint density at radius 3 is 2.38 bits per heavy atom. The number of aliphatic imine (C=N–C) groups is 1. The van der Waals surface area contributed by atoms with Crippen LogP contribution in [0.5, 0.6) is 0 Å². The fourth-order valence-electron chi connectivity index (χ4n) is 4.02. The Bertz CT molecular complexity index is 687. The molecule has 2 heterocycles. The van der Waals surface area contributed by atoms with Crippen LogP contribution in [-0.2, 0) is 11.2 Å². The molecule has 6 nitrogen and oxygen atoms in total. The van der Waals surface area contributed by atoms with E-state index in [1.165, 1.54) is 0 Å². The maximum Gasteiger partial charge on any atom is 0.239 e. The summed E-state index contributed by atoms with van der Waals surface area (Å²) in [6.07, 6.45) is 3.14. The highest BCUT2D eigenvalue weighted by Gasteiger charge is 2.30. The molecule has 1 N–H and O–H groups in total. The van der Waals surface area contributed by atoms with Gasteiger partial charge in [0.05, 0.1) is 6.04 Å². The van der Waals surface area contributed by atoms with Crippen LogP contribution in [0.4, 0.5) is 0 Å². The summed E-state index contributed by atoms with van der Waals surface area (Å²) < 4.78 is 0. The number of amides is 1. The average molecular weight is 534 g/mol. The molecule has 1 aromatic rings. The molecule has 1 aromatic carbocycles. The molecule has 2 saturated heterocycles. The molecule has 1 amide bonds. The van der Waals surface area contributed by atoms with Crippen molar-refractivity contribution in [2.75, 3.05) is 52.9 Å². The average Bonchev–Trinajstić information content (AvgIpc) is 3.26. The Balaban J connectivity index is 0.00000300. The molecular weight excluding hydrogens is 501 g/mol. The number of carbonyl (C=O) groups is 1. The molecule has 2 aliphatic heterocycles. The van der Waals surface area contributed by atoms with Gasteiger partial charge in [-0.15, -0.1) is 24.0 Å². The van der Waals surface area contributed by atoms with Crippen molar-refractivity contribution in [1.29, 1.82) is 0 Å². The predicted octanol–water partition coefficient (Wildman–Crippen LogP) is 2.70. The van der Waals surface area contributed by atoms with E-state index >= 15 is 0 Å². The number of carbonyl (C=O) groups excluding carboxylic acids is 1. The van der Waals surface area contributed by atoms with Crippen LogP contribution in [0.15, 0.2) is 29.3 Å². The first kappa shape index (κ1) is 24.2. The zero-order valence-corrected chi connectivity index (χ0v) is 20.5. The van der Waals surface area contributed by atoms with Crippen molar-refractivity contribution < 1.29 is 4.79 Å². The Morgan fingerprint density at radius 2 is 1.76 bits per heavy atom. The summed E-state index contributed by atoms with van der Waals surface area (Å²) >= 11 is 6.24. The van der Waals surface area contributed by atoms with Crippen LogP contribution in [0, 0.1) is 0 Å². The van der Waals surface area contributed by atoms with E-state index in [0.717, 1.165) is 81.6 Å². The van der Waals surface area contributed by atoms with Gasteiger partial charge in [0.1, 0.15) is 0 Å². The zero-order valence-electron chi connectivity index (χ0n) is 17.4. The lowest BCUT2D eigenvalue weighted by atomic mass is 10.1. The lowest BCUT2D eigenvalue weighted by molar-refractivity contribution is -0.135. The van der Waals surface area contributed by atoms with E-state index in [1.807, 2.05) is 37.1 Å². The first-order chi connectivity index (χ1) is 13.6. The second-order valence-electron chi connectivity index (χ2n) is 7.55. The molecule has 0 spiro atoms. The van der Waals surface area contributed by atoms with E-state index in [0.29, 0.717) is 0 Å². The fourth-order valence-corrected chi connectivity index (χ4v) is 4.25. The minimum absolute atomic E-state index is 0. The van der Waals surface area contributed by atoms with Crippen molar-refractivity contribution in [1.82, 2.24) is 20.0 Å². The summed E-state index contributed by atoms with van der Waals surface area (Å²) in [5.74, 6) is 1.21. The molecule has 1 atom stereocenters. The fraction of sp³-hybridized carbons (Fsp3) is 0.619. The number of rotatable bonds is 5. The van der Waals surface area contributed by atoms with Crippen LogP contribution in [0.25, 0.3) is 0 Å². The first-order valence-corrected chi connectivity index (χ1v) is 10.7. The van der Waals surface area contributed by atoms with Crippen LogP contribution in [0.1, 0.15) is 25.3 Å². The molecule has 8 heteroatoms. The zero-order chi connectivity index (χ0) is 19.9. The van der Waals surface area contributed by atoms with Crippen molar-refractivity contribution >= 4 is 47.4 Å².